The lowest BCUT2D eigenvalue weighted by atomic mass is 10.2. The van der Waals surface area contributed by atoms with Crippen LogP contribution in [-0.2, 0) is 4.74 Å². The van der Waals surface area contributed by atoms with Gasteiger partial charge in [0.2, 0.25) is 0 Å². The fourth-order valence-electron chi connectivity index (χ4n) is 1.66. The zero-order chi connectivity index (χ0) is 10.8. The molecule has 2 rings (SSSR count). The van der Waals surface area contributed by atoms with Crippen molar-refractivity contribution >= 4 is 12.2 Å². The van der Waals surface area contributed by atoms with Gasteiger partial charge in [0.25, 0.3) is 0 Å². The minimum absolute atomic E-state index is 0.115. The van der Waals surface area contributed by atoms with E-state index in [-0.39, 0.29) is 11.8 Å². The van der Waals surface area contributed by atoms with Gasteiger partial charge in [-0.1, -0.05) is 0 Å². The van der Waals surface area contributed by atoms with Gasteiger partial charge >= 0.3 is 0 Å². The summed E-state index contributed by atoms with van der Waals surface area (Å²) in [6, 6.07) is 3.19. The molecule has 1 saturated heterocycles. The van der Waals surface area contributed by atoms with Gasteiger partial charge in [-0.05, 0) is 6.07 Å². The monoisotopic (exact) mass is 211 g/mol. The van der Waals surface area contributed by atoms with Gasteiger partial charge in [0.1, 0.15) is 0 Å². The van der Waals surface area contributed by atoms with Gasteiger partial charge in [-0.2, -0.15) is 0 Å². The van der Waals surface area contributed by atoms with Crippen LogP contribution in [0, 0.1) is 0 Å². The summed E-state index contributed by atoms with van der Waals surface area (Å²) in [5.74, 6) is 0.844. The van der Waals surface area contributed by atoms with Crippen molar-refractivity contribution in [3.8, 4) is 0 Å². The van der Waals surface area contributed by atoms with Gasteiger partial charge in [0, 0.05) is 13.1 Å². The molecular formula is C10H13NO4. The molecule has 82 valence electrons. The lowest BCUT2D eigenvalue weighted by Gasteiger charge is -2.24. The summed E-state index contributed by atoms with van der Waals surface area (Å²) in [7, 11) is 1.80. The first-order valence-electron chi connectivity index (χ1n) is 4.76. The standard InChI is InChI=1S/C10H13NO4/c1-11(8-5-14-6-9(8)13)10-3-2-7(4-12)15-10/h2-4,8-9,13H,5-6H2,1H3/t8-,9-/m1/s1. The molecule has 0 spiro atoms. The molecule has 1 N–H and O–H groups in total. The Balaban J connectivity index is 2.12. The highest BCUT2D eigenvalue weighted by molar-refractivity contribution is 5.71. The number of hydrogen-bond donors (Lipinski definition) is 1. The fraction of sp³-hybridized carbons (Fsp3) is 0.500. The minimum Gasteiger partial charge on any atom is -0.438 e. The molecule has 2 heterocycles. The lowest BCUT2D eigenvalue weighted by Crippen LogP contribution is -2.40. The second-order valence-corrected chi connectivity index (χ2v) is 3.58. The maximum Gasteiger partial charge on any atom is 0.196 e. The van der Waals surface area contributed by atoms with Crippen molar-refractivity contribution in [2.75, 3.05) is 25.2 Å². The third-order valence-corrected chi connectivity index (χ3v) is 2.60. The van der Waals surface area contributed by atoms with E-state index in [0.29, 0.717) is 25.4 Å². The highest BCUT2D eigenvalue weighted by Gasteiger charge is 2.31. The molecule has 5 heteroatoms. The Labute approximate surface area is 87.2 Å². The maximum atomic E-state index is 10.4. The highest BCUT2D eigenvalue weighted by atomic mass is 16.5. The second-order valence-electron chi connectivity index (χ2n) is 3.58. The van der Waals surface area contributed by atoms with Crippen LogP contribution in [0.5, 0.6) is 0 Å². The SMILES string of the molecule is CN(c1ccc(C=O)o1)[C@@H]1COC[C@H]1O. The lowest BCUT2D eigenvalue weighted by molar-refractivity contribution is 0.110. The Hall–Kier alpha value is -1.33. The minimum atomic E-state index is -0.514. The van der Waals surface area contributed by atoms with Gasteiger partial charge < -0.3 is 19.2 Å². The van der Waals surface area contributed by atoms with Crippen LogP contribution in [0.15, 0.2) is 16.5 Å². The van der Waals surface area contributed by atoms with Crippen LogP contribution in [0.3, 0.4) is 0 Å². The number of aliphatic hydroxyl groups is 1. The first kappa shape index (κ1) is 10.2. The number of carbonyl (C=O) groups excluding carboxylic acids is 1. The van der Waals surface area contributed by atoms with Crippen LogP contribution in [0.4, 0.5) is 5.88 Å². The molecule has 0 aliphatic carbocycles. The smallest absolute Gasteiger partial charge is 0.196 e. The third kappa shape index (κ3) is 1.88. The van der Waals surface area contributed by atoms with Crippen LogP contribution < -0.4 is 4.90 Å². The number of anilines is 1. The van der Waals surface area contributed by atoms with E-state index in [1.807, 2.05) is 0 Å². The van der Waals surface area contributed by atoms with Crippen molar-refractivity contribution in [2.24, 2.45) is 0 Å². The molecule has 0 aromatic carbocycles. The Kier molecular flexibility index (Phi) is 2.75. The number of rotatable bonds is 3. The zero-order valence-electron chi connectivity index (χ0n) is 8.42. The first-order valence-corrected chi connectivity index (χ1v) is 4.76. The quantitative estimate of drug-likeness (QED) is 0.728. The van der Waals surface area contributed by atoms with Crippen LogP contribution in [0.2, 0.25) is 0 Å². The van der Waals surface area contributed by atoms with Gasteiger partial charge in [-0.15, -0.1) is 0 Å². The summed E-state index contributed by atoms with van der Waals surface area (Å²) in [5.41, 5.74) is 0. The molecule has 1 aliphatic heterocycles. The Bertz CT molecular complexity index is 349. The van der Waals surface area contributed by atoms with E-state index < -0.39 is 6.10 Å². The molecule has 1 aromatic heterocycles. The molecule has 15 heavy (non-hydrogen) atoms. The van der Waals surface area contributed by atoms with E-state index in [4.69, 9.17) is 9.15 Å². The predicted molar refractivity (Wildman–Crippen MR) is 53.1 cm³/mol. The van der Waals surface area contributed by atoms with Crippen molar-refractivity contribution in [1.29, 1.82) is 0 Å². The Morgan fingerprint density at radius 1 is 1.53 bits per heavy atom. The van der Waals surface area contributed by atoms with E-state index in [0.717, 1.165) is 0 Å². The van der Waals surface area contributed by atoms with E-state index >= 15 is 0 Å². The van der Waals surface area contributed by atoms with Gasteiger partial charge in [0.15, 0.2) is 17.9 Å². The summed E-state index contributed by atoms with van der Waals surface area (Å²) in [6.07, 6.45) is 0.138. The molecule has 0 unspecified atom stereocenters. The van der Waals surface area contributed by atoms with Gasteiger partial charge in [0.05, 0.1) is 25.4 Å². The molecule has 1 aromatic rings. The number of carbonyl (C=O) groups is 1. The van der Waals surface area contributed by atoms with Crippen LogP contribution >= 0.6 is 0 Å². The van der Waals surface area contributed by atoms with Gasteiger partial charge in [-0.3, -0.25) is 4.79 Å². The maximum absolute atomic E-state index is 10.4. The second kappa shape index (κ2) is 4.04. The van der Waals surface area contributed by atoms with E-state index in [9.17, 15) is 9.90 Å². The van der Waals surface area contributed by atoms with E-state index in [1.54, 1.807) is 24.1 Å². The summed E-state index contributed by atoms with van der Waals surface area (Å²) in [5, 5.41) is 9.61. The molecular weight excluding hydrogens is 198 g/mol. The summed E-state index contributed by atoms with van der Waals surface area (Å²) in [6.45, 7) is 0.811. The molecule has 0 bridgehead atoms. The number of furan rings is 1. The number of aliphatic hydroxyl groups excluding tert-OH is 1. The number of likely N-dealkylation sites (N-methyl/N-ethyl adjacent to an activating group) is 1. The van der Waals surface area contributed by atoms with E-state index in [1.165, 1.54) is 0 Å². The Morgan fingerprint density at radius 2 is 2.33 bits per heavy atom. The number of hydrogen-bond acceptors (Lipinski definition) is 5. The van der Waals surface area contributed by atoms with Crippen molar-refractivity contribution < 1.29 is 19.1 Å². The highest BCUT2D eigenvalue weighted by Crippen LogP contribution is 2.22. The van der Waals surface area contributed by atoms with Crippen LogP contribution in [0.1, 0.15) is 10.6 Å². The van der Waals surface area contributed by atoms with Crippen molar-refractivity contribution in [2.45, 2.75) is 12.1 Å². The van der Waals surface area contributed by atoms with Crippen molar-refractivity contribution in [3.05, 3.63) is 17.9 Å². The molecule has 2 atom stereocenters. The number of ether oxygens (including phenoxy) is 1. The molecule has 1 fully saturated rings. The van der Waals surface area contributed by atoms with E-state index in [2.05, 4.69) is 0 Å². The number of nitrogens with zero attached hydrogens (tertiary/aromatic N) is 1. The Morgan fingerprint density at radius 3 is 2.87 bits per heavy atom. The molecule has 0 saturated carbocycles. The van der Waals surface area contributed by atoms with Crippen molar-refractivity contribution in [1.82, 2.24) is 0 Å². The topological polar surface area (TPSA) is 62.9 Å². The average molecular weight is 211 g/mol. The first-order chi connectivity index (χ1) is 7.22. The third-order valence-electron chi connectivity index (χ3n) is 2.60. The average Bonchev–Trinajstić information content (AvgIpc) is 2.84. The largest absolute Gasteiger partial charge is 0.438 e. The summed E-state index contributed by atoms with van der Waals surface area (Å²) < 4.78 is 10.4. The zero-order valence-corrected chi connectivity index (χ0v) is 8.42. The molecule has 1 aliphatic rings. The normalized spacial score (nSPS) is 25.5. The van der Waals surface area contributed by atoms with Crippen molar-refractivity contribution in [3.63, 3.8) is 0 Å². The van der Waals surface area contributed by atoms with Crippen LogP contribution in [0.25, 0.3) is 0 Å². The fourth-order valence-corrected chi connectivity index (χ4v) is 1.66. The van der Waals surface area contributed by atoms with Gasteiger partial charge in [-0.25, -0.2) is 0 Å². The molecule has 0 amide bonds. The summed E-state index contributed by atoms with van der Waals surface area (Å²) >= 11 is 0. The predicted octanol–water partition coefficient (Wildman–Crippen LogP) is 0.288. The molecule has 5 nitrogen and oxygen atoms in total. The number of aldehydes is 1. The molecule has 0 radical (unpaired) electrons. The summed E-state index contributed by atoms with van der Waals surface area (Å²) in [4.78, 5) is 12.2. The van der Waals surface area contributed by atoms with Crippen LogP contribution in [-0.4, -0.2) is 43.8 Å².